The molecule has 0 fully saturated rings. The highest BCUT2D eigenvalue weighted by Crippen LogP contribution is 2.11. The van der Waals surface area contributed by atoms with Crippen LogP contribution in [0.25, 0.3) is 0 Å². The maximum atomic E-state index is 11.0. The summed E-state index contributed by atoms with van der Waals surface area (Å²) < 4.78 is 10.2. The summed E-state index contributed by atoms with van der Waals surface area (Å²) in [5.41, 5.74) is 7.78. The van der Waals surface area contributed by atoms with Crippen LogP contribution in [0.15, 0.2) is 51.8 Å². The molecule has 0 aliphatic rings. The molecule has 0 radical (unpaired) electrons. The number of amides is 1. The van der Waals surface area contributed by atoms with E-state index < -0.39 is 5.91 Å². The van der Waals surface area contributed by atoms with E-state index >= 15 is 0 Å². The number of aromatic nitrogens is 2. The quantitative estimate of drug-likeness (QED) is 0.752. The zero-order chi connectivity index (χ0) is 15.4. The van der Waals surface area contributed by atoms with Crippen molar-refractivity contribution in [3.63, 3.8) is 0 Å². The molecule has 6 heteroatoms. The molecule has 0 saturated carbocycles. The Balaban J connectivity index is 1.60. The van der Waals surface area contributed by atoms with E-state index in [1.54, 1.807) is 24.7 Å². The predicted molar refractivity (Wildman–Crippen MR) is 78.2 cm³/mol. The monoisotopic (exact) mass is 297 g/mol. The molecule has 0 saturated heterocycles. The van der Waals surface area contributed by atoms with Crippen LogP contribution in [-0.4, -0.2) is 16.0 Å². The fraction of sp³-hybridized carbons (Fsp3) is 0.188. The molecule has 2 N–H and O–H groups in total. The summed E-state index contributed by atoms with van der Waals surface area (Å²) in [7, 11) is 0. The number of furan rings is 1. The van der Waals surface area contributed by atoms with Gasteiger partial charge in [-0.3, -0.25) is 4.79 Å². The third kappa shape index (κ3) is 3.41. The highest BCUT2D eigenvalue weighted by Gasteiger charge is 2.08. The zero-order valence-corrected chi connectivity index (χ0v) is 11.9. The molecule has 0 unspecified atom stereocenters. The lowest BCUT2D eigenvalue weighted by molar-refractivity contribution is 0.100. The van der Waals surface area contributed by atoms with Gasteiger partial charge in [0.15, 0.2) is 5.82 Å². The van der Waals surface area contributed by atoms with Crippen molar-refractivity contribution in [2.24, 2.45) is 5.73 Å². The van der Waals surface area contributed by atoms with Crippen molar-refractivity contribution >= 4 is 5.91 Å². The van der Waals surface area contributed by atoms with Gasteiger partial charge in [0, 0.05) is 18.4 Å². The number of primary amides is 1. The van der Waals surface area contributed by atoms with Crippen LogP contribution < -0.4 is 5.73 Å². The average Bonchev–Trinajstić information content (AvgIpc) is 3.17. The van der Waals surface area contributed by atoms with Crippen LogP contribution in [0.5, 0.6) is 0 Å². The summed E-state index contributed by atoms with van der Waals surface area (Å²) in [4.78, 5) is 15.4. The molecule has 3 rings (SSSR count). The molecule has 2 heterocycles. The molecule has 6 nitrogen and oxygen atoms in total. The second kappa shape index (κ2) is 6.26. The van der Waals surface area contributed by atoms with Gasteiger partial charge in [0.2, 0.25) is 11.8 Å². The van der Waals surface area contributed by atoms with Crippen molar-refractivity contribution < 1.29 is 13.7 Å². The largest absolute Gasteiger partial charge is 0.472 e. The van der Waals surface area contributed by atoms with Gasteiger partial charge in [-0.15, -0.1) is 0 Å². The Morgan fingerprint density at radius 1 is 1.09 bits per heavy atom. The minimum absolute atomic E-state index is 0.437. The Morgan fingerprint density at radius 2 is 1.91 bits per heavy atom. The molecule has 0 aliphatic carbocycles. The summed E-state index contributed by atoms with van der Waals surface area (Å²) in [5, 5.41) is 3.97. The van der Waals surface area contributed by atoms with Gasteiger partial charge in [-0.25, -0.2) is 0 Å². The topological polar surface area (TPSA) is 95.2 Å². The summed E-state index contributed by atoms with van der Waals surface area (Å²) in [6.07, 6.45) is 5.37. The SMILES string of the molecule is NC(=O)c1ccc(Cc2noc(CCc3ccoc3)n2)cc1. The van der Waals surface area contributed by atoms with Crippen molar-refractivity contribution in [3.05, 3.63) is 71.3 Å². The first kappa shape index (κ1) is 14.1. The fourth-order valence-corrected chi connectivity index (χ4v) is 2.12. The van der Waals surface area contributed by atoms with Gasteiger partial charge in [0.25, 0.3) is 0 Å². The van der Waals surface area contributed by atoms with Gasteiger partial charge in [-0.2, -0.15) is 4.98 Å². The lowest BCUT2D eigenvalue weighted by Gasteiger charge is -1.98. The number of aryl methyl sites for hydroxylation is 2. The molecule has 2 aromatic heterocycles. The lowest BCUT2D eigenvalue weighted by atomic mass is 10.1. The minimum atomic E-state index is -0.437. The second-order valence-corrected chi connectivity index (χ2v) is 4.97. The highest BCUT2D eigenvalue weighted by molar-refractivity contribution is 5.92. The van der Waals surface area contributed by atoms with E-state index in [9.17, 15) is 4.79 Å². The summed E-state index contributed by atoms with van der Waals surface area (Å²) in [6.45, 7) is 0. The van der Waals surface area contributed by atoms with Crippen molar-refractivity contribution in [1.29, 1.82) is 0 Å². The van der Waals surface area contributed by atoms with Crippen molar-refractivity contribution in [2.75, 3.05) is 0 Å². The van der Waals surface area contributed by atoms with E-state index in [1.807, 2.05) is 18.2 Å². The number of carbonyl (C=O) groups is 1. The Morgan fingerprint density at radius 3 is 2.59 bits per heavy atom. The molecular weight excluding hydrogens is 282 g/mol. The number of carbonyl (C=O) groups excluding carboxylic acids is 1. The Labute approximate surface area is 126 Å². The van der Waals surface area contributed by atoms with Gasteiger partial charge in [0.05, 0.1) is 12.5 Å². The number of rotatable bonds is 6. The predicted octanol–water partition coefficient (Wildman–Crippen LogP) is 2.14. The van der Waals surface area contributed by atoms with Crippen molar-refractivity contribution in [3.8, 4) is 0 Å². The van der Waals surface area contributed by atoms with E-state index in [1.165, 1.54) is 0 Å². The number of nitrogens with zero attached hydrogens (tertiary/aromatic N) is 2. The van der Waals surface area contributed by atoms with Crippen LogP contribution >= 0.6 is 0 Å². The average molecular weight is 297 g/mol. The van der Waals surface area contributed by atoms with Crippen molar-refractivity contribution in [1.82, 2.24) is 10.1 Å². The second-order valence-electron chi connectivity index (χ2n) is 4.97. The normalized spacial score (nSPS) is 10.7. The zero-order valence-electron chi connectivity index (χ0n) is 11.9. The molecule has 0 bridgehead atoms. The maximum Gasteiger partial charge on any atom is 0.248 e. The lowest BCUT2D eigenvalue weighted by Crippen LogP contribution is -2.10. The first-order valence-electron chi connectivity index (χ1n) is 6.92. The number of hydrogen-bond donors (Lipinski definition) is 1. The molecular formula is C16H15N3O3. The van der Waals surface area contributed by atoms with E-state index in [-0.39, 0.29) is 0 Å². The van der Waals surface area contributed by atoms with Crippen LogP contribution in [0, 0.1) is 0 Å². The van der Waals surface area contributed by atoms with Crippen LogP contribution in [0.3, 0.4) is 0 Å². The molecule has 3 aromatic rings. The molecule has 0 atom stereocenters. The van der Waals surface area contributed by atoms with Gasteiger partial charge >= 0.3 is 0 Å². The van der Waals surface area contributed by atoms with Gasteiger partial charge in [-0.1, -0.05) is 17.3 Å². The Kier molecular flexibility index (Phi) is 4.00. The van der Waals surface area contributed by atoms with Gasteiger partial charge < -0.3 is 14.7 Å². The number of hydrogen-bond acceptors (Lipinski definition) is 5. The molecule has 112 valence electrons. The third-order valence-corrected chi connectivity index (χ3v) is 3.32. The molecule has 0 spiro atoms. The maximum absolute atomic E-state index is 11.0. The number of benzene rings is 1. The van der Waals surface area contributed by atoms with E-state index in [4.69, 9.17) is 14.7 Å². The Bertz CT molecular complexity index is 745. The molecule has 22 heavy (non-hydrogen) atoms. The fourth-order valence-electron chi connectivity index (χ4n) is 2.12. The summed E-state index contributed by atoms with van der Waals surface area (Å²) >= 11 is 0. The van der Waals surface area contributed by atoms with E-state index in [0.29, 0.717) is 30.1 Å². The van der Waals surface area contributed by atoms with E-state index in [2.05, 4.69) is 10.1 Å². The van der Waals surface area contributed by atoms with Gasteiger partial charge in [-0.05, 0) is 35.7 Å². The van der Waals surface area contributed by atoms with Crippen LogP contribution in [0.2, 0.25) is 0 Å². The first-order chi connectivity index (χ1) is 10.7. The highest BCUT2D eigenvalue weighted by atomic mass is 16.5. The van der Waals surface area contributed by atoms with Crippen molar-refractivity contribution in [2.45, 2.75) is 19.3 Å². The smallest absolute Gasteiger partial charge is 0.248 e. The molecule has 1 amide bonds. The van der Waals surface area contributed by atoms with Crippen LogP contribution in [0.4, 0.5) is 0 Å². The van der Waals surface area contributed by atoms with Crippen LogP contribution in [0.1, 0.15) is 33.2 Å². The van der Waals surface area contributed by atoms with Crippen LogP contribution in [-0.2, 0) is 19.3 Å². The molecule has 0 aliphatic heterocycles. The minimum Gasteiger partial charge on any atom is -0.472 e. The third-order valence-electron chi connectivity index (χ3n) is 3.32. The summed E-state index contributed by atoms with van der Waals surface area (Å²) in [6, 6.07) is 8.97. The first-order valence-corrected chi connectivity index (χ1v) is 6.92. The standard InChI is InChI=1S/C16H15N3O3/c17-16(20)13-4-1-11(2-5-13)9-14-18-15(22-19-14)6-3-12-7-8-21-10-12/h1-2,4-5,7-8,10H,3,6,9H2,(H2,17,20). The molecule has 1 aromatic carbocycles. The van der Waals surface area contributed by atoms with Gasteiger partial charge in [0.1, 0.15) is 0 Å². The van der Waals surface area contributed by atoms with E-state index in [0.717, 1.165) is 17.5 Å². The Hall–Kier alpha value is -2.89. The number of nitrogens with two attached hydrogens (primary N) is 1. The summed E-state index contributed by atoms with van der Waals surface area (Å²) in [5.74, 6) is 0.784.